The lowest BCUT2D eigenvalue weighted by molar-refractivity contribution is 0.172. The van der Waals surface area contributed by atoms with E-state index >= 15 is 0 Å². The number of nitrogens with zero attached hydrogens (tertiary/aromatic N) is 2. The SMILES string of the molecule is OCC1(Nc2nc(Cl)ncc2Cl)CCCCC1. The Kier molecular flexibility index (Phi) is 4.07. The summed E-state index contributed by atoms with van der Waals surface area (Å²) in [7, 11) is 0. The van der Waals surface area contributed by atoms with Gasteiger partial charge in [0.1, 0.15) is 10.8 Å². The van der Waals surface area contributed by atoms with Crippen molar-refractivity contribution in [2.24, 2.45) is 0 Å². The van der Waals surface area contributed by atoms with Gasteiger partial charge >= 0.3 is 0 Å². The first-order valence-electron chi connectivity index (χ1n) is 5.72. The van der Waals surface area contributed by atoms with Crippen LogP contribution in [0.5, 0.6) is 0 Å². The Balaban J connectivity index is 2.20. The topological polar surface area (TPSA) is 58.0 Å². The summed E-state index contributed by atoms with van der Waals surface area (Å²) >= 11 is 11.7. The smallest absolute Gasteiger partial charge is 0.224 e. The van der Waals surface area contributed by atoms with E-state index in [2.05, 4.69) is 15.3 Å². The van der Waals surface area contributed by atoms with Crippen LogP contribution in [-0.4, -0.2) is 27.2 Å². The van der Waals surface area contributed by atoms with Gasteiger partial charge in [0.2, 0.25) is 5.28 Å². The highest BCUT2D eigenvalue weighted by Gasteiger charge is 2.32. The highest BCUT2D eigenvalue weighted by atomic mass is 35.5. The standard InChI is InChI=1S/C11H15Cl2N3O/c12-8-6-14-10(13)15-9(8)16-11(7-17)4-2-1-3-5-11/h6,17H,1-5,7H2,(H,14,15,16). The van der Waals surface area contributed by atoms with E-state index in [1.807, 2.05) is 0 Å². The molecule has 2 N–H and O–H groups in total. The maximum Gasteiger partial charge on any atom is 0.224 e. The second-order valence-electron chi connectivity index (χ2n) is 4.46. The van der Waals surface area contributed by atoms with E-state index in [-0.39, 0.29) is 17.4 Å². The maximum absolute atomic E-state index is 9.58. The van der Waals surface area contributed by atoms with Crippen LogP contribution in [-0.2, 0) is 0 Å². The molecule has 1 aromatic heterocycles. The number of anilines is 1. The largest absolute Gasteiger partial charge is 0.394 e. The van der Waals surface area contributed by atoms with Gasteiger partial charge in [-0.25, -0.2) is 4.98 Å². The molecule has 1 saturated carbocycles. The lowest BCUT2D eigenvalue weighted by atomic mass is 9.82. The highest BCUT2D eigenvalue weighted by molar-refractivity contribution is 6.33. The van der Waals surface area contributed by atoms with Crippen LogP contribution in [0.3, 0.4) is 0 Å². The minimum absolute atomic E-state index is 0.0744. The molecule has 0 aliphatic heterocycles. The van der Waals surface area contributed by atoms with Gasteiger partial charge < -0.3 is 10.4 Å². The van der Waals surface area contributed by atoms with Crippen molar-refractivity contribution in [3.8, 4) is 0 Å². The molecular formula is C11H15Cl2N3O. The molecule has 17 heavy (non-hydrogen) atoms. The zero-order valence-corrected chi connectivity index (χ0v) is 10.9. The Morgan fingerprint density at radius 3 is 2.65 bits per heavy atom. The zero-order chi connectivity index (χ0) is 12.3. The van der Waals surface area contributed by atoms with Crippen molar-refractivity contribution >= 4 is 29.0 Å². The van der Waals surface area contributed by atoms with Crippen LogP contribution in [0.1, 0.15) is 32.1 Å². The molecule has 1 aromatic rings. The number of aliphatic hydroxyl groups excluding tert-OH is 1. The van der Waals surface area contributed by atoms with Crippen LogP contribution in [0.15, 0.2) is 6.20 Å². The first-order valence-corrected chi connectivity index (χ1v) is 6.48. The van der Waals surface area contributed by atoms with E-state index in [0.29, 0.717) is 10.8 Å². The molecule has 0 amide bonds. The van der Waals surface area contributed by atoms with Crippen molar-refractivity contribution in [2.45, 2.75) is 37.6 Å². The third-order valence-electron chi connectivity index (χ3n) is 3.21. The molecule has 6 heteroatoms. The summed E-state index contributed by atoms with van der Waals surface area (Å²) in [6.07, 6.45) is 6.71. The molecule has 0 spiro atoms. The molecule has 1 fully saturated rings. The van der Waals surface area contributed by atoms with Crippen molar-refractivity contribution in [2.75, 3.05) is 11.9 Å². The lowest BCUT2D eigenvalue weighted by Crippen LogP contribution is -2.44. The fourth-order valence-corrected chi connectivity index (χ4v) is 2.51. The average molecular weight is 276 g/mol. The molecule has 0 bridgehead atoms. The molecule has 94 valence electrons. The van der Waals surface area contributed by atoms with Crippen molar-refractivity contribution in [3.63, 3.8) is 0 Å². The molecular weight excluding hydrogens is 261 g/mol. The van der Waals surface area contributed by atoms with Crippen molar-refractivity contribution < 1.29 is 5.11 Å². The van der Waals surface area contributed by atoms with Gasteiger partial charge in [0.25, 0.3) is 0 Å². The summed E-state index contributed by atoms with van der Waals surface area (Å²) in [5, 5.41) is 13.4. The van der Waals surface area contributed by atoms with Gasteiger partial charge in [0.05, 0.1) is 18.3 Å². The molecule has 2 rings (SSSR count). The van der Waals surface area contributed by atoms with Gasteiger partial charge in [0, 0.05) is 0 Å². The van der Waals surface area contributed by atoms with Gasteiger partial charge in [-0.3, -0.25) is 0 Å². The van der Waals surface area contributed by atoms with Crippen LogP contribution in [0.4, 0.5) is 5.82 Å². The molecule has 1 heterocycles. The number of hydrogen-bond acceptors (Lipinski definition) is 4. The third-order valence-corrected chi connectivity index (χ3v) is 3.67. The Bertz CT molecular complexity index is 394. The van der Waals surface area contributed by atoms with E-state index in [4.69, 9.17) is 23.2 Å². The number of aliphatic hydroxyl groups is 1. The average Bonchev–Trinajstić information content (AvgIpc) is 2.35. The summed E-state index contributed by atoms with van der Waals surface area (Å²) in [5.74, 6) is 0.502. The molecule has 0 saturated heterocycles. The quantitative estimate of drug-likeness (QED) is 0.833. The zero-order valence-electron chi connectivity index (χ0n) is 9.42. The molecule has 0 unspecified atom stereocenters. The van der Waals surface area contributed by atoms with Gasteiger partial charge in [-0.2, -0.15) is 4.98 Å². The Hall–Kier alpha value is -0.580. The number of rotatable bonds is 3. The van der Waals surface area contributed by atoms with Crippen LogP contribution < -0.4 is 5.32 Å². The van der Waals surface area contributed by atoms with Gasteiger partial charge in [-0.05, 0) is 24.4 Å². The summed E-state index contributed by atoms with van der Waals surface area (Å²) in [4.78, 5) is 7.86. The monoisotopic (exact) mass is 275 g/mol. The Morgan fingerprint density at radius 1 is 1.29 bits per heavy atom. The number of hydrogen-bond donors (Lipinski definition) is 2. The first-order chi connectivity index (χ1) is 8.15. The maximum atomic E-state index is 9.58. The van der Waals surface area contributed by atoms with E-state index in [1.54, 1.807) is 0 Å². The second-order valence-corrected chi connectivity index (χ2v) is 5.20. The Labute approximate surface area is 110 Å². The van der Waals surface area contributed by atoms with E-state index in [0.717, 1.165) is 25.7 Å². The molecule has 1 aliphatic rings. The second kappa shape index (κ2) is 5.38. The van der Waals surface area contributed by atoms with Gasteiger partial charge in [-0.1, -0.05) is 30.9 Å². The summed E-state index contributed by atoms with van der Waals surface area (Å²) in [5.41, 5.74) is -0.320. The van der Waals surface area contributed by atoms with Crippen LogP contribution >= 0.6 is 23.2 Å². The number of halogens is 2. The van der Waals surface area contributed by atoms with Gasteiger partial charge in [0.15, 0.2) is 0 Å². The fourth-order valence-electron chi connectivity index (χ4n) is 2.24. The normalized spacial score (nSPS) is 19.0. The molecule has 4 nitrogen and oxygen atoms in total. The van der Waals surface area contributed by atoms with Crippen molar-refractivity contribution in [3.05, 3.63) is 16.5 Å². The Morgan fingerprint density at radius 2 is 2.00 bits per heavy atom. The summed E-state index contributed by atoms with van der Waals surface area (Å²) in [6.45, 7) is 0.0744. The first kappa shape index (κ1) is 12.9. The third kappa shape index (κ3) is 3.00. The predicted octanol–water partition coefficient (Wildman–Crippen LogP) is 2.89. The van der Waals surface area contributed by atoms with E-state index < -0.39 is 0 Å². The lowest BCUT2D eigenvalue weighted by Gasteiger charge is -2.37. The van der Waals surface area contributed by atoms with E-state index in [1.165, 1.54) is 12.6 Å². The molecule has 0 radical (unpaired) electrons. The molecule has 1 aliphatic carbocycles. The summed E-state index contributed by atoms with van der Waals surface area (Å²) < 4.78 is 0. The fraction of sp³-hybridized carbons (Fsp3) is 0.636. The minimum Gasteiger partial charge on any atom is -0.394 e. The van der Waals surface area contributed by atoms with Crippen LogP contribution in [0, 0.1) is 0 Å². The summed E-state index contributed by atoms with van der Waals surface area (Å²) in [6, 6.07) is 0. The van der Waals surface area contributed by atoms with Crippen LogP contribution in [0.2, 0.25) is 10.3 Å². The van der Waals surface area contributed by atoms with E-state index in [9.17, 15) is 5.11 Å². The minimum atomic E-state index is -0.320. The van der Waals surface area contributed by atoms with Crippen molar-refractivity contribution in [1.82, 2.24) is 9.97 Å². The van der Waals surface area contributed by atoms with Crippen LogP contribution in [0.25, 0.3) is 0 Å². The number of aromatic nitrogens is 2. The van der Waals surface area contributed by atoms with Crippen molar-refractivity contribution in [1.29, 1.82) is 0 Å². The molecule has 0 atom stereocenters. The number of nitrogens with one attached hydrogen (secondary N) is 1. The van der Waals surface area contributed by atoms with Gasteiger partial charge in [-0.15, -0.1) is 0 Å². The predicted molar refractivity (Wildman–Crippen MR) is 68.6 cm³/mol. The highest BCUT2D eigenvalue weighted by Crippen LogP contribution is 2.33. The molecule has 0 aromatic carbocycles.